The van der Waals surface area contributed by atoms with Gasteiger partial charge in [0, 0.05) is 23.4 Å². The van der Waals surface area contributed by atoms with Crippen LogP contribution in [0.25, 0.3) is 22.6 Å². The van der Waals surface area contributed by atoms with Crippen LogP contribution in [0.2, 0.25) is 0 Å². The second kappa shape index (κ2) is 6.58. The predicted octanol–water partition coefficient (Wildman–Crippen LogP) is 4.01. The molecule has 1 heterocycles. The molecule has 0 aliphatic heterocycles. The number of anilines is 1. The molecule has 3 rings (SSSR count). The highest BCUT2D eigenvalue weighted by Gasteiger charge is 2.38. The Kier molecular flexibility index (Phi) is 4.45. The minimum absolute atomic E-state index is 0.0502. The summed E-state index contributed by atoms with van der Waals surface area (Å²) in [7, 11) is 3.00. The van der Waals surface area contributed by atoms with Gasteiger partial charge in [-0.3, -0.25) is 4.79 Å². The highest BCUT2D eigenvalue weighted by Crippen LogP contribution is 2.32. The van der Waals surface area contributed by atoms with Crippen LogP contribution in [0.1, 0.15) is 0 Å². The van der Waals surface area contributed by atoms with E-state index in [-0.39, 0.29) is 17.2 Å². The summed E-state index contributed by atoms with van der Waals surface area (Å²) in [5.41, 5.74) is 1.16. The number of oxazole rings is 1. The first-order valence-corrected chi connectivity index (χ1v) is 7.32. The molecule has 0 unspecified atom stereocenters. The first kappa shape index (κ1) is 17.6. The van der Waals surface area contributed by atoms with Crippen molar-refractivity contribution in [1.29, 1.82) is 0 Å². The highest BCUT2D eigenvalue weighted by molar-refractivity contribution is 5.96. The molecule has 0 fully saturated rings. The van der Waals surface area contributed by atoms with E-state index in [1.54, 1.807) is 23.5 Å². The van der Waals surface area contributed by atoms with Gasteiger partial charge in [0.05, 0.1) is 14.2 Å². The third kappa shape index (κ3) is 3.56. The standard InChI is InChI=1S/C17H13F3N2O4/c1-24-11-5-9(6-12(8-11)25-2)15-22-13-4-3-10(7-14(13)26-15)21-16(23)17(18,19)20/h3-8H,1-2H3,(H,21,23). The Morgan fingerprint density at radius 2 is 1.73 bits per heavy atom. The van der Waals surface area contributed by atoms with E-state index in [4.69, 9.17) is 13.9 Å². The summed E-state index contributed by atoms with van der Waals surface area (Å²) in [5, 5.41) is 1.77. The van der Waals surface area contributed by atoms with Crippen LogP contribution in [-0.2, 0) is 4.79 Å². The SMILES string of the molecule is COc1cc(OC)cc(-c2nc3ccc(NC(=O)C(F)(F)F)cc3o2)c1. The largest absolute Gasteiger partial charge is 0.497 e. The van der Waals surface area contributed by atoms with Crippen molar-refractivity contribution >= 4 is 22.7 Å². The first-order chi connectivity index (χ1) is 12.3. The summed E-state index contributed by atoms with van der Waals surface area (Å²) >= 11 is 0. The molecule has 136 valence electrons. The van der Waals surface area contributed by atoms with Crippen LogP contribution in [0.3, 0.4) is 0 Å². The van der Waals surface area contributed by atoms with E-state index in [1.165, 1.54) is 32.4 Å². The fraction of sp³-hybridized carbons (Fsp3) is 0.176. The van der Waals surface area contributed by atoms with Crippen LogP contribution in [0, 0.1) is 0 Å². The molecular weight excluding hydrogens is 353 g/mol. The number of nitrogens with zero attached hydrogens (tertiary/aromatic N) is 1. The molecular formula is C17H13F3N2O4. The van der Waals surface area contributed by atoms with E-state index in [0.717, 1.165) is 0 Å². The zero-order valence-corrected chi connectivity index (χ0v) is 13.7. The smallest absolute Gasteiger partial charge is 0.471 e. The zero-order valence-electron chi connectivity index (χ0n) is 13.7. The number of rotatable bonds is 4. The van der Waals surface area contributed by atoms with Crippen molar-refractivity contribution < 1.29 is 31.9 Å². The van der Waals surface area contributed by atoms with Gasteiger partial charge in [0.1, 0.15) is 17.0 Å². The molecule has 0 saturated carbocycles. The molecule has 1 N–H and O–H groups in total. The Hall–Kier alpha value is -3.23. The minimum Gasteiger partial charge on any atom is -0.497 e. The number of hydrogen-bond donors (Lipinski definition) is 1. The Balaban J connectivity index is 1.96. The molecule has 6 nitrogen and oxygen atoms in total. The Morgan fingerprint density at radius 3 is 2.31 bits per heavy atom. The van der Waals surface area contributed by atoms with Gasteiger partial charge in [-0.2, -0.15) is 13.2 Å². The van der Waals surface area contributed by atoms with Crippen molar-refractivity contribution in [2.24, 2.45) is 0 Å². The van der Waals surface area contributed by atoms with Crippen LogP contribution in [0.15, 0.2) is 40.8 Å². The Morgan fingerprint density at radius 1 is 1.08 bits per heavy atom. The van der Waals surface area contributed by atoms with Gasteiger partial charge in [-0.05, 0) is 24.3 Å². The number of ether oxygens (including phenoxy) is 2. The third-order valence-corrected chi connectivity index (χ3v) is 3.50. The number of methoxy groups -OCH3 is 2. The Bertz CT molecular complexity index is 944. The van der Waals surface area contributed by atoms with Crippen LogP contribution in [0.5, 0.6) is 11.5 Å². The van der Waals surface area contributed by atoms with Crippen molar-refractivity contribution in [1.82, 2.24) is 4.98 Å². The molecule has 3 aromatic rings. The van der Waals surface area contributed by atoms with Gasteiger partial charge in [-0.1, -0.05) is 0 Å². The molecule has 0 spiro atoms. The molecule has 0 atom stereocenters. The van der Waals surface area contributed by atoms with Gasteiger partial charge in [0.2, 0.25) is 5.89 Å². The van der Waals surface area contributed by atoms with E-state index >= 15 is 0 Å². The highest BCUT2D eigenvalue weighted by atomic mass is 19.4. The average Bonchev–Trinajstić information content (AvgIpc) is 3.03. The summed E-state index contributed by atoms with van der Waals surface area (Å²) in [6.45, 7) is 0. The van der Waals surface area contributed by atoms with Gasteiger partial charge in [0.25, 0.3) is 0 Å². The summed E-state index contributed by atoms with van der Waals surface area (Å²) in [5.74, 6) is -0.773. The molecule has 0 aliphatic carbocycles. The second-order valence-corrected chi connectivity index (χ2v) is 5.25. The number of fused-ring (bicyclic) bond motifs is 1. The fourth-order valence-corrected chi connectivity index (χ4v) is 2.26. The molecule has 1 amide bonds. The van der Waals surface area contributed by atoms with Crippen molar-refractivity contribution in [3.8, 4) is 23.0 Å². The number of carbonyl (C=O) groups is 1. The molecule has 1 aromatic heterocycles. The normalized spacial score (nSPS) is 11.4. The molecule has 9 heteroatoms. The van der Waals surface area contributed by atoms with Crippen LogP contribution in [0.4, 0.5) is 18.9 Å². The maximum Gasteiger partial charge on any atom is 0.471 e. The Labute approximate surface area is 145 Å². The minimum atomic E-state index is -4.97. The van der Waals surface area contributed by atoms with Gasteiger partial charge in [-0.25, -0.2) is 4.98 Å². The van der Waals surface area contributed by atoms with Crippen molar-refractivity contribution in [2.75, 3.05) is 19.5 Å². The van der Waals surface area contributed by atoms with Gasteiger partial charge < -0.3 is 19.2 Å². The molecule has 2 aromatic carbocycles. The number of benzene rings is 2. The quantitative estimate of drug-likeness (QED) is 0.755. The number of carbonyl (C=O) groups excluding carboxylic acids is 1. The molecule has 0 bridgehead atoms. The third-order valence-electron chi connectivity index (χ3n) is 3.50. The second-order valence-electron chi connectivity index (χ2n) is 5.25. The number of halogens is 3. The maximum atomic E-state index is 12.3. The summed E-state index contributed by atoms with van der Waals surface area (Å²) in [6, 6.07) is 9.07. The molecule has 0 radical (unpaired) electrons. The molecule has 26 heavy (non-hydrogen) atoms. The van der Waals surface area contributed by atoms with E-state index in [2.05, 4.69) is 4.98 Å². The predicted molar refractivity (Wildman–Crippen MR) is 87.2 cm³/mol. The van der Waals surface area contributed by atoms with Gasteiger partial charge >= 0.3 is 12.1 Å². The lowest BCUT2D eigenvalue weighted by Gasteiger charge is -2.07. The number of aromatic nitrogens is 1. The van der Waals surface area contributed by atoms with E-state index in [9.17, 15) is 18.0 Å². The van der Waals surface area contributed by atoms with Crippen LogP contribution < -0.4 is 14.8 Å². The van der Waals surface area contributed by atoms with Crippen molar-refractivity contribution in [3.63, 3.8) is 0 Å². The fourth-order valence-electron chi connectivity index (χ4n) is 2.26. The summed E-state index contributed by atoms with van der Waals surface area (Å²) < 4.78 is 53.0. The maximum absolute atomic E-state index is 12.3. The number of alkyl halides is 3. The number of nitrogens with one attached hydrogen (secondary N) is 1. The van der Waals surface area contributed by atoms with Crippen LogP contribution >= 0.6 is 0 Å². The van der Waals surface area contributed by atoms with Crippen molar-refractivity contribution in [3.05, 3.63) is 36.4 Å². The first-order valence-electron chi connectivity index (χ1n) is 7.32. The lowest BCUT2D eigenvalue weighted by Crippen LogP contribution is -2.29. The average molecular weight is 366 g/mol. The monoisotopic (exact) mass is 366 g/mol. The lowest BCUT2D eigenvalue weighted by molar-refractivity contribution is -0.167. The van der Waals surface area contributed by atoms with Crippen molar-refractivity contribution in [2.45, 2.75) is 6.18 Å². The molecule has 0 saturated heterocycles. The summed E-state index contributed by atoms with van der Waals surface area (Å²) in [4.78, 5) is 15.3. The lowest BCUT2D eigenvalue weighted by atomic mass is 10.2. The summed E-state index contributed by atoms with van der Waals surface area (Å²) in [6.07, 6.45) is -4.97. The van der Waals surface area contributed by atoms with Gasteiger partial charge in [0.15, 0.2) is 5.58 Å². The van der Waals surface area contributed by atoms with E-state index in [0.29, 0.717) is 22.6 Å². The van der Waals surface area contributed by atoms with Crippen LogP contribution in [-0.4, -0.2) is 31.3 Å². The van der Waals surface area contributed by atoms with E-state index < -0.39 is 12.1 Å². The molecule has 0 aliphatic rings. The van der Waals surface area contributed by atoms with Gasteiger partial charge in [-0.15, -0.1) is 0 Å². The number of hydrogen-bond acceptors (Lipinski definition) is 5. The van der Waals surface area contributed by atoms with E-state index in [1.807, 2.05) is 0 Å². The number of amides is 1. The zero-order chi connectivity index (χ0) is 18.9. The topological polar surface area (TPSA) is 73.6 Å².